The standard InChI is InChI=1S/C22H25N3O3/c1-14-8-11-18(24-22(28)17-9-10-17)13-19(14)25-20(26)12-15(2)23-21(27)16-6-4-3-5-7-16/h3-8,11,13,15,17H,9-10,12H2,1-2H3,(H,23,27)(H,24,28)(H,25,26). The number of nitrogens with one attached hydrogen (secondary N) is 3. The molecule has 0 heterocycles. The Hall–Kier alpha value is -3.15. The Bertz CT molecular complexity index is 876. The van der Waals surface area contributed by atoms with Gasteiger partial charge in [-0.1, -0.05) is 24.3 Å². The molecule has 1 fully saturated rings. The maximum Gasteiger partial charge on any atom is 0.251 e. The Morgan fingerprint density at radius 2 is 1.75 bits per heavy atom. The number of benzene rings is 2. The molecule has 146 valence electrons. The number of rotatable bonds is 7. The van der Waals surface area contributed by atoms with Gasteiger partial charge in [0.2, 0.25) is 11.8 Å². The number of amides is 3. The predicted molar refractivity (Wildman–Crippen MR) is 109 cm³/mol. The van der Waals surface area contributed by atoms with Crippen molar-refractivity contribution >= 4 is 29.1 Å². The first-order chi connectivity index (χ1) is 13.4. The molecular weight excluding hydrogens is 354 g/mol. The summed E-state index contributed by atoms with van der Waals surface area (Å²) in [7, 11) is 0. The van der Waals surface area contributed by atoms with E-state index in [-0.39, 0.29) is 36.1 Å². The third kappa shape index (κ3) is 5.42. The van der Waals surface area contributed by atoms with Crippen molar-refractivity contribution in [3.05, 3.63) is 59.7 Å². The summed E-state index contributed by atoms with van der Waals surface area (Å²) in [5.74, 6) is -0.261. The molecule has 1 aliphatic rings. The number of hydrogen-bond donors (Lipinski definition) is 3. The van der Waals surface area contributed by atoms with Gasteiger partial charge in [0.25, 0.3) is 5.91 Å². The van der Waals surface area contributed by atoms with Gasteiger partial charge in [0, 0.05) is 35.3 Å². The summed E-state index contributed by atoms with van der Waals surface area (Å²) in [6, 6.07) is 14.0. The summed E-state index contributed by atoms with van der Waals surface area (Å²) < 4.78 is 0. The molecule has 6 nitrogen and oxygen atoms in total. The highest BCUT2D eigenvalue weighted by Crippen LogP contribution is 2.30. The van der Waals surface area contributed by atoms with Crippen LogP contribution in [-0.2, 0) is 9.59 Å². The Morgan fingerprint density at radius 3 is 2.43 bits per heavy atom. The molecule has 0 aromatic heterocycles. The number of anilines is 2. The minimum atomic E-state index is -0.314. The molecule has 3 N–H and O–H groups in total. The molecule has 1 unspecified atom stereocenters. The topological polar surface area (TPSA) is 87.3 Å². The average Bonchev–Trinajstić information content (AvgIpc) is 3.50. The average molecular weight is 379 g/mol. The minimum absolute atomic E-state index is 0.0263. The predicted octanol–water partition coefficient (Wildman–Crippen LogP) is 3.49. The van der Waals surface area contributed by atoms with Gasteiger partial charge in [0.15, 0.2) is 0 Å². The van der Waals surface area contributed by atoms with E-state index in [1.165, 1.54) is 0 Å². The maximum absolute atomic E-state index is 12.4. The first kappa shape index (κ1) is 19.6. The smallest absolute Gasteiger partial charge is 0.251 e. The fraction of sp³-hybridized carbons (Fsp3) is 0.318. The fourth-order valence-electron chi connectivity index (χ4n) is 2.85. The highest BCUT2D eigenvalue weighted by Gasteiger charge is 2.29. The Labute approximate surface area is 164 Å². The van der Waals surface area contributed by atoms with E-state index in [0.717, 1.165) is 18.4 Å². The molecule has 0 spiro atoms. The van der Waals surface area contributed by atoms with Gasteiger partial charge in [-0.05, 0) is 56.5 Å². The van der Waals surface area contributed by atoms with Crippen molar-refractivity contribution in [1.82, 2.24) is 5.32 Å². The molecule has 28 heavy (non-hydrogen) atoms. The zero-order valence-electron chi connectivity index (χ0n) is 16.1. The van der Waals surface area contributed by atoms with Gasteiger partial charge in [0.05, 0.1) is 0 Å². The van der Waals surface area contributed by atoms with Crippen molar-refractivity contribution in [2.45, 2.75) is 39.2 Å². The van der Waals surface area contributed by atoms with Gasteiger partial charge in [-0.3, -0.25) is 14.4 Å². The quantitative estimate of drug-likeness (QED) is 0.688. The largest absolute Gasteiger partial charge is 0.349 e. The lowest BCUT2D eigenvalue weighted by atomic mass is 10.1. The maximum atomic E-state index is 12.4. The summed E-state index contributed by atoms with van der Waals surface area (Å²) in [5, 5.41) is 8.58. The second kappa shape index (κ2) is 8.69. The molecule has 1 saturated carbocycles. The van der Waals surface area contributed by atoms with Crippen molar-refractivity contribution in [2.75, 3.05) is 10.6 Å². The van der Waals surface area contributed by atoms with Crippen LogP contribution < -0.4 is 16.0 Å². The highest BCUT2D eigenvalue weighted by atomic mass is 16.2. The van der Waals surface area contributed by atoms with Gasteiger partial charge < -0.3 is 16.0 Å². The van der Waals surface area contributed by atoms with Crippen LogP contribution >= 0.6 is 0 Å². The van der Waals surface area contributed by atoms with Crippen molar-refractivity contribution in [3.63, 3.8) is 0 Å². The number of carbonyl (C=O) groups excluding carboxylic acids is 3. The number of carbonyl (C=O) groups is 3. The molecule has 0 bridgehead atoms. The van der Waals surface area contributed by atoms with E-state index in [0.29, 0.717) is 16.9 Å². The SMILES string of the molecule is Cc1ccc(NC(=O)C2CC2)cc1NC(=O)CC(C)NC(=O)c1ccccc1. The molecule has 0 radical (unpaired) electrons. The zero-order valence-corrected chi connectivity index (χ0v) is 16.1. The van der Waals surface area contributed by atoms with E-state index < -0.39 is 0 Å². The van der Waals surface area contributed by atoms with E-state index in [9.17, 15) is 14.4 Å². The molecule has 1 atom stereocenters. The molecule has 2 aromatic rings. The first-order valence-corrected chi connectivity index (χ1v) is 9.49. The third-order valence-corrected chi connectivity index (χ3v) is 4.63. The first-order valence-electron chi connectivity index (χ1n) is 9.49. The van der Waals surface area contributed by atoms with Crippen LogP contribution in [0.4, 0.5) is 11.4 Å². The normalized spacial score (nSPS) is 14.1. The molecule has 6 heteroatoms. The van der Waals surface area contributed by atoms with Gasteiger partial charge in [0.1, 0.15) is 0 Å². The summed E-state index contributed by atoms with van der Waals surface area (Å²) >= 11 is 0. The number of hydrogen-bond acceptors (Lipinski definition) is 3. The van der Waals surface area contributed by atoms with Crippen LogP contribution in [0.2, 0.25) is 0 Å². The summed E-state index contributed by atoms with van der Waals surface area (Å²) in [6.45, 7) is 3.68. The van der Waals surface area contributed by atoms with Crippen molar-refractivity contribution < 1.29 is 14.4 Å². The van der Waals surface area contributed by atoms with Crippen LogP contribution in [0.3, 0.4) is 0 Å². The van der Waals surface area contributed by atoms with Crippen LogP contribution in [0.5, 0.6) is 0 Å². The third-order valence-electron chi connectivity index (χ3n) is 4.63. The Balaban J connectivity index is 1.54. The van der Waals surface area contributed by atoms with E-state index >= 15 is 0 Å². The second-order valence-electron chi connectivity index (χ2n) is 7.29. The molecule has 0 aliphatic heterocycles. The molecular formula is C22H25N3O3. The van der Waals surface area contributed by atoms with Crippen LogP contribution in [0.25, 0.3) is 0 Å². The minimum Gasteiger partial charge on any atom is -0.349 e. The van der Waals surface area contributed by atoms with E-state index in [1.54, 1.807) is 37.3 Å². The monoisotopic (exact) mass is 379 g/mol. The molecule has 0 saturated heterocycles. The molecule has 2 aromatic carbocycles. The summed E-state index contributed by atoms with van der Waals surface area (Å²) in [4.78, 5) is 36.5. The summed E-state index contributed by atoms with van der Waals surface area (Å²) in [6.07, 6.45) is 2.03. The Kier molecular flexibility index (Phi) is 6.09. The van der Waals surface area contributed by atoms with Crippen molar-refractivity contribution in [2.24, 2.45) is 5.92 Å². The lowest BCUT2D eigenvalue weighted by Gasteiger charge is -2.15. The van der Waals surface area contributed by atoms with E-state index in [4.69, 9.17) is 0 Å². The van der Waals surface area contributed by atoms with Gasteiger partial charge >= 0.3 is 0 Å². The van der Waals surface area contributed by atoms with Crippen molar-refractivity contribution in [3.8, 4) is 0 Å². The Morgan fingerprint density at radius 1 is 1.04 bits per heavy atom. The van der Waals surface area contributed by atoms with Crippen LogP contribution in [0.15, 0.2) is 48.5 Å². The van der Waals surface area contributed by atoms with E-state index in [2.05, 4.69) is 16.0 Å². The molecule has 3 amide bonds. The van der Waals surface area contributed by atoms with Gasteiger partial charge in [-0.2, -0.15) is 0 Å². The van der Waals surface area contributed by atoms with Crippen LogP contribution in [0, 0.1) is 12.8 Å². The summed E-state index contributed by atoms with van der Waals surface area (Å²) in [5.41, 5.74) is 2.78. The lowest BCUT2D eigenvalue weighted by molar-refractivity contribution is -0.117. The molecule has 1 aliphatic carbocycles. The number of aryl methyl sites for hydroxylation is 1. The second-order valence-corrected chi connectivity index (χ2v) is 7.29. The van der Waals surface area contributed by atoms with E-state index in [1.807, 2.05) is 25.1 Å². The molecule has 3 rings (SSSR count). The van der Waals surface area contributed by atoms with Gasteiger partial charge in [-0.25, -0.2) is 0 Å². The van der Waals surface area contributed by atoms with Crippen molar-refractivity contribution in [1.29, 1.82) is 0 Å². The van der Waals surface area contributed by atoms with Crippen LogP contribution in [-0.4, -0.2) is 23.8 Å². The lowest BCUT2D eigenvalue weighted by Crippen LogP contribution is -2.35. The van der Waals surface area contributed by atoms with Crippen LogP contribution in [0.1, 0.15) is 42.1 Å². The zero-order chi connectivity index (χ0) is 20.1. The van der Waals surface area contributed by atoms with Gasteiger partial charge in [-0.15, -0.1) is 0 Å². The fourth-order valence-corrected chi connectivity index (χ4v) is 2.85. The highest BCUT2D eigenvalue weighted by molar-refractivity contribution is 5.97.